The Labute approximate surface area is 316 Å². The van der Waals surface area contributed by atoms with Gasteiger partial charge in [-0.25, -0.2) is 0 Å². The molecule has 9 heteroatoms. The van der Waals surface area contributed by atoms with Gasteiger partial charge in [-0.3, -0.25) is 10.5 Å². The van der Waals surface area contributed by atoms with Gasteiger partial charge in [-0.2, -0.15) is 0 Å². The monoisotopic (exact) mass is 731 g/mol. The van der Waals surface area contributed by atoms with E-state index >= 15 is 0 Å². The topological polar surface area (TPSA) is 163 Å². The molecule has 4 unspecified atom stereocenters. The van der Waals surface area contributed by atoms with Gasteiger partial charge in [0.05, 0.1) is 6.10 Å². The van der Waals surface area contributed by atoms with Crippen LogP contribution in [0.5, 0.6) is 34.5 Å². The van der Waals surface area contributed by atoms with E-state index in [-0.39, 0.29) is 90.6 Å². The number of aromatic hydroxyl groups is 4. The summed E-state index contributed by atoms with van der Waals surface area (Å²) in [6.45, 7) is -0.0343. The third-order valence-corrected chi connectivity index (χ3v) is 10.5. The average Bonchev–Trinajstić information content (AvgIpc) is 3.16. The van der Waals surface area contributed by atoms with E-state index in [4.69, 9.17) is 15.2 Å². The van der Waals surface area contributed by atoms with Crippen LogP contribution >= 0.6 is 0 Å². The number of aliphatic hydroxyl groups is 1. The molecule has 1 aliphatic rings. The first kappa shape index (κ1) is 38.2. The fraction of sp³-hybridized carbons (Fsp3) is 0.311. The Hall–Kier alpha value is -5.51. The summed E-state index contributed by atoms with van der Waals surface area (Å²) in [7, 11) is 0. The fourth-order valence-electron chi connectivity index (χ4n) is 7.90. The molecule has 0 spiro atoms. The number of carbonyl (C=O) groups excluding carboxylic acids is 1. The maximum atomic E-state index is 13.3. The van der Waals surface area contributed by atoms with Gasteiger partial charge >= 0.3 is 0 Å². The van der Waals surface area contributed by atoms with Crippen molar-refractivity contribution < 1.29 is 39.8 Å². The Balaban J connectivity index is 1.30. The smallest absolute Gasteiger partial charge is 0.200 e. The molecule has 6 rings (SSSR count). The Bertz CT molecular complexity index is 2000. The largest absolute Gasteiger partial charge is 0.508 e. The second kappa shape index (κ2) is 18.0. The number of aliphatic hydroxyl groups excluding tert-OH is 1. The van der Waals surface area contributed by atoms with Gasteiger partial charge in [0.2, 0.25) is 5.75 Å². The summed E-state index contributed by atoms with van der Waals surface area (Å²) in [6.07, 6.45) is 2.88. The Kier molecular flexibility index (Phi) is 12.7. The number of phenols is 4. The normalized spacial score (nSPS) is 17.0. The van der Waals surface area contributed by atoms with Gasteiger partial charge in [-0.15, -0.1) is 0 Å². The highest BCUT2D eigenvalue weighted by Gasteiger charge is 2.40. The minimum Gasteiger partial charge on any atom is -0.508 e. The molecule has 0 radical (unpaired) electrons. The van der Waals surface area contributed by atoms with Crippen molar-refractivity contribution in [2.24, 2.45) is 11.7 Å². The molecule has 0 fully saturated rings. The molecule has 0 aliphatic heterocycles. The Morgan fingerprint density at radius 2 is 1.48 bits per heavy atom. The van der Waals surface area contributed by atoms with Crippen LogP contribution in [-0.2, 0) is 30.7 Å². The second-order valence-electron chi connectivity index (χ2n) is 14.3. The van der Waals surface area contributed by atoms with E-state index in [1.165, 1.54) is 11.6 Å². The first-order valence-electron chi connectivity index (χ1n) is 18.6. The number of benzene rings is 5. The summed E-state index contributed by atoms with van der Waals surface area (Å²) >= 11 is 0. The quantitative estimate of drug-likeness (QED) is 0.0414. The van der Waals surface area contributed by atoms with Crippen LogP contribution in [-0.4, -0.2) is 44.2 Å². The van der Waals surface area contributed by atoms with E-state index in [1.807, 2.05) is 42.5 Å². The van der Waals surface area contributed by atoms with Gasteiger partial charge in [-0.1, -0.05) is 78.9 Å². The van der Waals surface area contributed by atoms with Gasteiger partial charge in [0.25, 0.3) is 0 Å². The molecule has 0 bridgehead atoms. The van der Waals surface area contributed by atoms with Crippen LogP contribution in [0.2, 0.25) is 0 Å². The highest BCUT2D eigenvalue weighted by molar-refractivity contribution is 5.79. The van der Waals surface area contributed by atoms with Gasteiger partial charge in [0.1, 0.15) is 24.9 Å². The first-order valence-corrected chi connectivity index (χ1v) is 18.6. The molecule has 1 aliphatic carbocycles. The van der Waals surface area contributed by atoms with Gasteiger partial charge in [0, 0.05) is 18.4 Å². The fourth-order valence-corrected chi connectivity index (χ4v) is 7.90. The van der Waals surface area contributed by atoms with E-state index in [0.717, 1.165) is 47.9 Å². The maximum Gasteiger partial charge on any atom is 0.200 e. The van der Waals surface area contributed by atoms with Crippen molar-refractivity contribution >= 4 is 5.78 Å². The highest BCUT2D eigenvalue weighted by atomic mass is 16.5. The lowest BCUT2D eigenvalue weighted by molar-refractivity contribution is -0.121. The van der Waals surface area contributed by atoms with E-state index in [1.54, 1.807) is 36.4 Å². The van der Waals surface area contributed by atoms with Crippen LogP contribution < -0.4 is 15.2 Å². The average molecular weight is 732 g/mol. The van der Waals surface area contributed by atoms with Crippen molar-refractivity contribution in [1.82, 2.24) is 0 Å². The van der Waals surface area contributed by atoms with Crippen molar-refractivity contribution in [3.8, 4) is 34.5 Å². The molecule has 7 N–H and O–H groups in total. The number of ether oxygens (including phenoxy) is 2. The van der Waals surface area contributed by atoms with Crippen LogP contribution in [0.15, 0.2) is 109 Å². The molecule has 54 heavy (non-hydrogen) atoms. The Morgan fingerprint density at radius 3 is 2.20 bits per heavy atom. The number of aryl methyl sites for hydroxylation is 2. The number of nitrogens with two attached hydrogens (primary N) is 1. The van der Waals surface area contributed by atoms with Crippen molar-refractivity contribution in [2.45, 2.75) is 75.9 Å². The van der Waals surface area contributed by atoms with Crippen molar-refractivity contribution in [2.75, 3.05) is 6.73 Å². The van der Waals surface area contributed by atoms with Crippen molar-refractivity contribution in [1.29, 1.82) is 0 Å². The summed E-state index contributed by atoms with van der Waals surface area (Å²) in [5.74, 6) is -0.502. The number of hydrogen-bond donors (Lipinski definition) is 6. The van der Waals surface area contributed by atoms with E-state index in [0.29, 0.717) is 12.0 Å². The molecule has 0 saturated carbocycles. The number of phenolic OH excluding ortho intramolecular Hbond substituents is 4. The predicted molar refractivity (Wildman–Crippen MR) is 207 cm³/mol. The maximum absolute atomic E-state index is 13.3. The second-order valence-corrected chi connectivity index (χ2v) is 14.3. The first-order chi connectivity index (χ1) is 26.2. The molecule has 5 aromatic carbocycles. The lowest BCUT2D eigenvalue weighted by Crippen LogP contribution is -2.30. The number of fused-ring (bicyclic) bond motifs is 1. The third kappa shape index (κ3) is 9.72. The van der Waals surface area contributed by atoms with Gasteiger partial charge in [-0.05, 0) is 114 Å². The zero-order chi connectivity index (χ0) is 38.0. The van der Waals surface area contributed by atoms with Crippen molar-refractivity contribution in [3.05, 3.63) is 143 Å². The Morgan fingerprint density at radius 1 is 0.759 bits per heavy atom. The summed E-state index contributed by atoms with van der Waals surface area (Å²) in [6, 6.07) is 33.7. The van der Waals surface area contributed by atoms with Crippen LogP contribution in [0.3, 0.4) is 0 Å². The molecule has 5 aromatic rings. The zero-order valence-electron chi connectivity index (χ0n) is 30.3. The summed E-state index contributed by atoms with van der Waals surface area (Å²) in [5.41, 5.74) is 10.9. The zero-order valence-corrected chi connectivity index (χ0v) is 30.3. The van der Waals surface area contributed by atoms with E-state index in [9.17, 15) is 30.3 Å². The minimum absolute atomic E-state index is 0.0293. The number of carbonyl (C=O) groups is 1. The van der Waals surface area contributed by atoms with Crippen LogP contribution in [0.1, 0.15) is 77.3 Å². The lowest BCUT2D eigenvalue weighted by Gasteiger charge is -2.40. The lowest BCUT2D eigenvalue weighted by atomic mass is 9.65. The highest BCUT2D eigenvalue weighted by Crippen LogP contribution is 2.55. The number of Topliss-reactive ketones (excluding diaryl/α,β-unsaturated/α-hetero) is 1. The van der Waals surface area contributed by atoms with Gasteiger partial charge < -0.3 is 35.0 Å². The third-order valence-electron chi connectivity index (χ3n) is 10.5. The summed E-state index contributed by atoms with van der Waals surface area (Å²) in [5, 5.41) is 54.2. The molecule has 9 nitrogen and oxygen atoms in total. The number of hydrogen-bond acceptors (Lipinski definition) is 9. The number of rotatable bonds is 17. The SMILES string of the molecule is NCOc1cc(CCC(=O)CC(O)CC2c3cc(O)c(O)c(OCc4cccc(O)c4)c3C(CCc3ccccc3)CC2Cc2ccccc2)ccc1O. The van der Waals surface area contributed by atoms with Crippen LogP contribution in [0, 0.1) is 5.92 Å². The van der Waals surface area contributed by atoms with E-state index < -0.39 is 6.10 Å². The molecule has 4 atom stereocenters. The molecule has 0 heterocycles. The van der Waals surface area contributed by atoms with Gasteiger partial charge in [0.15, 0.2) is 23.0 Å². The molecule has 282 valence electrons. The van der Waals surface area contributed by atoms with Crippen molar-refractivity contribution in [3.63, 3.8) is 0 Å². The molecule has 0 amide bonds. The predicted octanol–water partition coefficient (Wildman–Crippen LogP) is 7.79. The standard InChI is InChI=1S/C45H49NO8/c46-28-54-42-22-31(16-19-40(42)50)15-18-36(48)24-37(49)25-38-34(20-30-10-5-2-6-11-30)23-33(17-14-29-8-3-1-4-9-29)43-39(38)26-41(51)44(52)45(43)53-27-32-12-7-13-35(47)21-32/h1-13,16,19,21-22,26,33-34,37-38,47,49-52H,14-15,17-18,20,23-25,27-28,46H2. The van der Waals surface area contributed by atoms with E-state index in [2.05, 4.69) is 24.3 Å². The molecule has 0 aromatic heterocycles. The van der Waals surface area contributed by atoms with Crippen LogP contribution in [0.4, 0.5) is 0 Å². The summed E-state index contributed by atoms with van der Waals surface area (Å²) < 4.78 is 11.6. The summed E-state index contributed by atoms with van der Waals surface area (Å²) in [4.78, 5) is 13.3. The molecular formula is C45H49NO8. The minimum atomic E-state index is -0.960. The van der Waals surface area contributed by atoms with Crippen LogP contribution in [0.25, 0.3) is 0 Å². The molecule has 0 saturated heterocycles. The number of ketones is 1. The molecular weight excluding hydrogens is 682 g/mol.